The van der Waals surface area contributed by atoms with Gasteiger partial charge in [-0.3, -0.25) is 9.59 Å². The molecule has 2 aliphatic heterocycles. The van der Waals surface area contributed by atoms with E-state index >= 15 is 0 Å². The highest BCUT2D eigenvalue weighted by atomic mass is 35.5. The molecule has 2 aliphatic rings. The Hall–Kier alpha value is -1.59. The van der Waals surface area contributed by atoms with Crippen LogP contribution in [0.2, 0.25) is 0 Å². The maximum Gasteiger partial charge on any atom is 0.246 e. The summed E-state index contributed by atoms with van der Waals surface area (Å²) in [6.07, 6.45) is 1.98. The maximum absolute atomic E-state index is 12.4. The molecule has 6 heteroatoms. The molecule has 5 nitrogen and oxygen atoms in total. The molecule has 0 aromatic heterocycles. The number of para-hydroxylation sites is 1. The monoisotopic (exact) mass is 337 g/mol. The second-order valence-electron chi connectivity index (χ2n) is 6.20. The first kappa shape index (κ1) is 17.8. The molecule has 0 saturated carbocycles. The number of fused-ring (bicyclic) bond motifs is 1. The first-order chi connectivity index (χ1) is 10.7. The zero-order valence-corrected chi connectivity index (χ0v) is 14.2. The van der Waals surface area contributed by atoms with Crippen molar-refractivity contribution in [2.75, 3.05) is 31.1 Å². The molecule has 1 unspecified atom stereocenters. The Morgan fingerprint density at radius 1 is 1.35 bits per heavy atom. The van der Waals surface area contributed by atoms with E-state index in [1.807, 2.05) is 25.1 Å². The van der Waals surface area contributed by atoms with Gasteiger partial charge in [-0.1, -0.05) is 25.1 Å². The van der Waals surface area contributed by atoms with Crippen LogP contribution in [-0.2, 0) is 16.0 Å². The molecule has 0 aliphatic carbocycles. The van der Waals surface area contributed by atoms with Gasteiger partial charge in [0.1, 0.15) is 0 Å². The van der Waals surface area contributed by atoms with E-state index in [-0.39, 0.29) is 36.7 Å². The summed E-state index contributed by atoms with van der Waals surface area (Å²) < 4.78 is 0. The van der Waals surface area contributed by atoms with E-state index < -0.39 is 0 Å². The summed E-state index contributed by atoms with van der Waals surface area (Å²) in [5.41, 5.74) is 2.20. The topological polar surface area (TPSA) is 61.4 Å². The molecular formula is C17H24ClN3O2. The van der Waals surface area contributed by atoms with Gasteiger partial charge in [-0.15, -0.1) is 12.4 Å². The second kappa shape index (κ2) is 7.79. The largest absolute Gasteiger partial charge is 0.347 e. The minimum absolute atomic E-state index is 0. The third kappa shape index (κ3) is 3.85. The van der Waals surface area contributed by atoms with Crippen LogP contribution in [0.25, 0.3) is 0 Å². The van der Waals surface area contributed by atoms with E-state index in [0.717, 1.165) is 38.2 Å². The fraction of sp³-hybridized carbons (Fsp3) is 0.529. The number of hydrogen-bond acceptors (Lipinski definition) is 3. The number of anilines is 1. The van der Waals surface area contributed by atoms with E-state index in [9.17, 15) is 9.59 Å². The van der Waals surface area contributed by atoms with Gasteiger partial charge in [0.05, 0.1) is 6.54 Å². The van der Waals surface area contributed by atoms with Gasteiger partial charge in [-0.2, -0.15) is 0 Å². The van der Waals surface area contributed by atoms with Gasteiger partial charge in [0, 0.05) is 18.2 Å². The van der Waals surface area contributed by atoms with Gasteiger partial charge in [0.15, 0.2) is 0 Å². The Morgan fingerprint density at radius 3 is 2.78 bits per heavy atom. The molecule has 126 valence electrons. The summed E-state index contributed by atoms with van der Waals surface area (Å²) in [5, 5.41) is 5.97. The van der Waals surface area contributed by atoms with E-state index in [1.165, 1.54) is 5.56 Å². The third-order valence-corrected chi connectivity index (χ3v) is 4.76. The van der Waals surface area contributed by atoms with Gasteiger partial charge >= 0.3 is 0 Å². The summed E-state index contributed by atoms with van der Waals surface area (Å²) >= 11 is 0. The summed E-state index contributed by atoms with van der Waals surface area (Å²) in [5.74, 6) is 0.304. The summed E-state index contributed by atoms with van der Waals surface area (Å²) in [6, 6.07) is 8.01. The Labute approximate surface area is 143 Å². The SMILES string of the molecule is CC(C(=O)NCC(=O)N1CCCc2ccccc21)C1CNC1.Cl. The van der Waals surface area contributed by atoms with Crippen molar-refractivity contribution in [2.24, 2.45) is 11.8 Å². The molecule has 2 amide bonds. The number of carbonyl (C=O) groups excluding carboxylic acids is 2. The average Bonchev–Trinajstić information content (AvgIpc) is 2.50. The number of benzene rings is 1. The van der Waals surface area contributed by atoms with Gasteiger partial charge in [-0.25, -0.2) is 0 Å². The smallest absolute Gasteiger partial charge is 0.246 e. The van der Waals surface area contributed by atoms with Crippen molar-refractivity contribution in [3.63, 3.8) is 0 Å². The zero-order chi connectivity index (χ0) is 15.5. The van der Waals surface area contributed by atoms with Crippen LogP contribution >= 0.6 is 12.4 Å². The molecule has 1 aromatic carbocycles. The average molecular weight is 338 g/mol. The predicted molar refractivity (Wildman–Crippen MR) is 92.9 cm³/mol. The van der Waals surface area contributed by atoms with Crippen LogP contribution in [0.15, 0.2) is 24.3 Å². The predicted octanol–water partition coefficient (Wildman–Crippen LogP) is 1.36. The molecule has 2 heterocycles. The molecular weight excluding hydrogens is 314 g/mol. The summed E-state index contributed by atoms with van der Waals surface area (Å²) in [6.45, 7) is 4.52. The van der Waals surface area contributed by atoms with Crippen LogP contribution in [0.3, 0.4) is 0 Å². The van der Waals surface area contributed by atoms with Crippen molar-refractivity contribution in [1.82, 2.24) is 10.6 Å². The number of nitrogens with one attached hydrogen (secondary N) is 2. The van der Waals surface area contributed by atoms with E-state index in [1.54, 1.807) is 4.90 Å². The fourth-order valence-corrected chi connectivity index (χ4v) is 3.09. The van der Waals surface area contributed by atoms with Gasteiger partial charge in [0.25, 0.3) is 0 Å². The molecule has 1 fully saturated rings. The van der Waals surface area contributed by atoms with Crippen LogP contribution in [0.5, 0.6) is 0 Å². The van der Waals surface area contributed by atoms with Crippen molar-refractivity contribution in [3.05, 3.63) is 29.8 Å². The van der Waals surface area contributed by atoms with E-state index in [0.29, 0.717) is 5.92 Å². The minimum Gasteiger partial charge on any atom is -0.347 e. The maximum atomic E-state index is 12.4. The molecule has 3 rings (SSSR count). The standard InChI is InChI=1S/C17H23N3O2.ClH/c1-12(14-9-18-10-14)17(22)19-11-16(21)20-8-4-6-13-5-2-3-7-15(13)20;/h2-3,5,7,12,14,18H,4,6,8-11H2,1H3,(H,19,22);1H. The Morgan fingerprint density at radius 2 is 2.09 bits per heavy atom. The van der Waals surface area contributed by atoms with Gasteiger partial charge < -0.3 is 15.5 Å². The first-order valence-corrected chi connectivity index (χ1v) is 8.03. The third-order valence-electron chi connectivity index (χ3n) is 4.76. The second-order valence-corrected chi connectivity index (χ2v) is 6.20. The van der Waals surface area contributed by atoms with Crippen molar-refractivity contribution < 1.29 is 9.59 Å². The molecule has 2 N–H and O–H groups in total. The lowest BCUT2D eigenvalue weighted by atomic mass is 9.88. The fourth-order valence-electron chi connectivity index (χ4n) is 3.09. The number of rotatable bonds is 4. The highest BCUT2D eigenvalue weighted by molar-refractivity contribution is 5.97. The number of halogens is 1. The summed E-state index contributed by atoms with van der Waals surface area (Å²) in [7, 11) is 0. The van der Waals surface area contributed by atoms with E-state index in [2.05, 4.69) is 16.7 Å². The van der Waals surface area contributed by atoms with Crippen molar-refractivity contribution >= 4 is 29.9 Å². The lowest BCUT2D eigenvalue weighted by Gasteiger charge is -2.32. The highest BCUT2D eigenvalue weighted by Crippen LogP contribution is 2.26. The molecule has 0 bridgehead atoms. The number of carbonyl (C=O) groups is 2. The normalized spacial score (nSPS) is 18.2. The minimum atomic E-state index is -0.0392. The molecule has 1 saturated heterocycles. The van der Waals surface area contributed by atoms with E-state index in [4.69, 9.17) is 0 Å². The molecule has 23 heavy (non-hydrogen) atoms. The van der Waals surface area contributed by atoms with Gasteiger partial charge in [0.2, 0.25) is 11.8 Å². The Bertz CT molecular complexity index is 575. The zero-order valence-electron chi connectivity index (χ0n) is 13.4. The van der Waals surface area contributed by atoms with Crippen molar-refractivity contribution in [1.29, 1.82) is 0 Å². The number of aryl methyl sites for hydroxylation is 1. The lowest BCUT2D eigenvalue weighted by Crippen LogP contribution is -2.51. The number of hydrogen-bond donors (Lipinski definition) is 2. The highest BCUT2D eigenvalue weighted by Gasteiger charge is 2.29. The summed E-state index contributed by atoms with van der Waals surface area (Å²) in [4.78, 5) is 26.3. The lowest BCUT2D eigenvalue weighted by molar-refractivity contribution is -0.129. The van der Waals surface area contributed by atoms with Crippen LogP contribution in [0, 0.1) is 11.8 Å². The van der Waals surface area contributed by atoms with Crippen molar-refractivity contribution in [3.8, 4) is 0 Å². The van der Waals surface area contributed by atoms with Crippen molar-refractivity contribution in [2.45, 2.75) is 19.8 Å². The van der Waals surface area contributed by atoms with Crippen LogP contribution in [0.4, 0.5) is 5.69 Å². The van der Waals surface area contributed by atoms with Crippen LogP contribution < -0.4 is 15.5 Å². The Balaban J connectivity index is 0.00000192. The molecule has 1 atom stereocenters. The van der Waals surface area contributed by atoms with Crippen LogP contribution in [0.1, 0.15) is 18.9 Å². The molecule has 0 radical (unpaired) electrons. The number of nitrogens with zero attached hydrogens (tertiary/aromatic N) is 1. The molecule has 1 aromatic rings. The molecule has 0 spiro atoms. The first-order valence-electron chi connectivity index (χ1n) is 8.03. The quantitative estimate of drug-likeness (QED) is 0.872. The number of amides is 2. The van der Waals surface area contributed by atoms with Crippen LogP contribution in [-0.4, -0.2) is 38.0 Å². The van der Waals surface area contributed by atoms with Gasteiger partial charge in [-0.05, 0) is 43.5 Å². The Kier molecular flexibility index (Phi) is 6.02.